The van der Waals surface area contributed by atoms with E-state index in [1.807, 2.05) is 0 Å². The lowest BCUT2D eigenvalue weighted by molar-refractivity contribution is -0.0601. The van der Waals surface area contributed by atoms with Crippen LogP contribution in [0.3, 0.4) is 0 Å². The standard InChI is InChI=1S/C6H14O5P/c1-3-5(7)10-12(9)11-6(8)4-2/h5-8H,3-4H2,1-2H3/q+1. The van der Waals surface area contributed by atoms with Gasteiger partial charge in [0, 0.05) is 17.4 Å². The third-order valence-electron chi connectivity index (χ3n) is 1.11. The average molecular weight is 197 g/mol. The van der Waals surface area contributed by atoms with Gasteiger partial charge in [0.1, 0.15) is 0 Å². The molecule has 0 spiro atoms. The van der Waals surface area contributed by atoms with E-state index in [9.17, 15) is 4.57 Å². The molecule has 0 bridgehead atoms. The van der Waals surface area contributed by atoms with E-state index in [0.29, 0.717) is 12.8 Å². The van der Waals surface area contributed by atoms with Gasteiger partial charge in [-0.3, -0.25) is 0 Å². The topological polar surface area (TPSA) is 76.0 Å². The molecule has 2 atom stereocenters. The number of aliphatic hydroxyl groups excluding tert-OH is 2. The Morgan fingerprint density at radius 2 is 1.50 bits per heavy atom. The zero-order valence-electron chi connectivity index (χ0n) is 7.14. The van der Waals surface area contributed by atoms with E-state index in [0.717, 1.165) is 0 Å². The van der Waals surface area contributed by atoms with Crippen LogP contribution in [0.15, 0.2) is 0 Å². The van der Waals surface area contributed by atoms with E-state index >= 15 is 0 Å². The predicted molar refractivity (Wildman–Crippen MR) is 42.4 cm³/mol. The van der Waals surface area contributed by atoms with Gasteiger partial charge < -0.3 is 10.2 Å². The van der Waals surface area contributed by atoms with Gasteiger partial charge in [-0.1, -0.05) is 22.9 Å². The maximum Gasteiger partial charge on any atom is 0.702 e. The van der Waals surface area contributed by atoms with Crippen molar-refractivity contribution in [2.75, 3.05) is 0 Å². The third kappa shape index (κ3) is 5.57. The Morgan fingerprint density at radius 1 is 1.17 bits per heavy atom. The lowest BCUT2D eigenvalue weighted by Gasteiger charge is -1.99. The highest BCUT2D eigenvalue weighted by Gasteiger charge is 2.28. The minimum absolute atomic E-state index is 0.326. The lowest BCUT2D eigenvalue weighted by Crippen LogP contribution is -2.09. The van der Waals surface area contributed by atoms with Crippen LogP contribution in [-0.2, 0) is 13.6 Å². The second-order valence-electron chi connectivity index (χ2n) is 2.16. The van der Waals surface area contributed by atoms with Crippen molar-refractivity contribution in [2.24, 2.45) is 0 Å². The van der Waals surface area contributed by atoms with Crippen molar-refractivity contribution in [1.82, 2.24) is 0 Å². The molecule has 0 rings (SSSR count). The fraction of sp³-hybridized carbons (Fsp3) is 1.00. The van der Waals surface area contributed by atoms with Gasteiger partial charge in [0.15, 0.2) is 0 Å². The fourth-order valence-electron chi connectivity index (χ4n) is 0.373. The molecule has 0 radical (unpaired) electrons. The first-order valence-electron chi connectivity index (χ1n) is 3.77. The first-order chi connectivity index (χ1) is 5.60. The van der Waals surface area contributed by atoms with Crippen LogP contribution >= 0.6 is 8.25 Å². The highest BCUT2D eigenvalue weighted by molar-refractivity contribution is 7.33. The SMILES string of the molecule is CCC(O)O[P+](=O)OC(O)CC. The van der Waals surface area contributed by atoms with Crippen molar-refractivity contribution in [3.8, 4) is 0 Å². The summed E-state index contributed by atoms with van der Waals surface area (Å²) in [5, 5.41) is 17.7. The minimum atomic E-state index is -2.42. The Kier molecular flexibility index (Phi) is 6.42. The Balaban J connectivity index is 3.59. The van der Waals surface area contributed by atoms with Crippen molar-refractivity contribution in [3.05, 3.63) is 0 Å². The van der Waals surface area contributed by atoms with Gasteiger partial charge in [-0.15, -0.1) is 0 Å². The van der Waals surface area contributed by atoms with E-state index in [1.54, 1.807) is 13.8 Å². The van der Waals surface area contributed by atoms with Crippen molar-refractivity contribution in [2.45, 2.75) is 39.3 Å². The van der Waals surface area contributed by atoms with Crippen LogP contribution in [0.4, 0.5) is 0 Å². The average Bonchev–Trinajstić information content (AvgIpc) is 2.03. The van der Waals surface area contributed by atoms with Gasteiger partial charge in [0.25, 0.3) is 0 Å². The van der Waals surface area contributed by atoms with Crippen LogP contribution in [0.25, 0.3) is 0 Å². The van der Waals surface area contributed by atoms with E-state index in [1.165, 1.54) is 0 Å². The highest BCUT2D eigenvalue weighted by atomic mass is 31.1. The molecule has 0 aromatic heterocycles. The Bertz CT molecular complexity index is 126. The van der Waals surface area contributed by atoms with Crippen LogP contribution in [0, 0.1) is 0 Å². The van der Waals surface area contributed by atoms with E-state index in [-0.39, 0.29) is 0 Å². The minimum Gasteiger partial charge on any atom is -0.364 e. The summed E-state index contributed by atoms with van der Waals surface area (Å²) in [6.07, 6.45) is -1.55. The van der Waals surface area contributed by atoms with E-state index in [2.05, 4.69) is 9.05 Å². The van der Waals surface area contributed by atoms with Crippen LogP contribution in [0.1, 0.15) is 26.7 Å². The molecule has 0 heterocycles. The lowest BCUT2D eigenvalue weighted by atomic mass is 10.5. The molecule has 0 aromatic rings. The Hall–Kier alpha value is -0.0600. The summed E-state index contributed by atoms with van der Waals surface area (Å²) in [6, 6.07) is 0. The maximum atomic E-state index is 10.8. The second kappa shape index (κ2) is 6.46. The first-order valence-corrected chi connectivity index (χ1v) is 4.86. The summed E-state index contributed by atoms with van der Waals surface area (Å²) in [7, 11) is -2.42. The van der Waals surface area contributed by atoms with E-state index < -0.39 is 20.8 Å². The smallest absolute Gasteiger partial charge is 0.364 e. The molecule has 0 fully saturated rings. The summed E-state index contributed by atoms with van der Waals surface area (Å²) >= 11 is 0. The monoisotopic (exact) mass is 197 g/mol. The molecule has 6 heteroatoms. The molecular weight excluding hydrogens is 183 g/mol. The van der Waals surface area contributed by atoms with Gasteiger partial charge in [-0.2, -0.15) is 0 Å². The number of hydrogen-bond acceptors (Lipinski definition) is 5. The Labute approximate surface area is 72.3 Å². The molecule has 0 saturated carbocycles. The van der Waals surface area contributed by atoms with Crippen molar-refractivity contribution >= 4 is 8.25 Å². The fourth-order valence-corrected chi connectivity index (χ4v) is 1.12. The van der Waals surface area contributed by atoms with Crippen molar-refractivity contribution in [3.63, 3.8) is 0 Å². The molecular formula is C6H14O5P+. The van der Waals surface area contributed by atoms with E-state index in [4.69, 9.17) is 10.2 Å². The molecule has 0 aliphatic carbocycles. The third-order valence-corrected chi connectivity index (χ3v) is 1.94. The first kappa shape index (κ1) is 11.9. The van der Waals surface area contributed by atoms with Crippen LogP contribution < -0.4 is 0 Å². The van der Waals surface area contributed by atoms with Crippen LogP contribution in [0.5, 0.6) is 0 Å². The van der Waals surface area contributed by atoms with Crippen molar-refractivity contribution < 1.29 is 23.8 Å². The highest BCUT2D eigenvalue weighted by Crippen LogP contribution is 2.28. The van der Waals surface area contributed by atoms with Crippen LogP contribution in [0.2, 0.25) is 0 Å². The largest absolute Gasteiger partial charge is 0.702 e. The summed E-state index contributed by atoms with van der Waals surface area (Å²) < 4.78 is 19.7. The second-order valence-corrected chi connectivity index (χ2v) is 3.03. The van der Waals surface area contributed by atoms with Gasteiger partial charge in [-0.25, -0.2) is 0 Å². The molecule has 2 N–H and O–H groups in total. The van der Waals surface area contributed by atoms with Crippen molar-refractivity contribution in [1.29, 1.82) is 0 Å². The van der Waals surface area contributed by atoms with Gasteiger partial charge in [-0.05, 0) is 0 Å². The molecule has 72 valence electrons. The summed E-state index contributed by atoms with van der Waals surface area (Å²) in [5.41, 5.74) is 0. The van der Waals surface area contributed by atoms with Gasteiger partial charge in [0.05, 0.1) is 0 Å². The molecule has 0 aliphatic rings. The molecule has 12 heavy (non-hydrogen) atoms. The normalized spacial score (nSPS) is 17.2. The number of hydrogen-bond donors (Lipinski definition) is 2. The summed E-state index contributed by atoms with van der Waals surface area (Å²) in [6.45, 7) is 3.34. The summed E-state index contributed by atoms with van der Waals surface area (Å²) in [5.74, 6) is 0. The molecule has 0 aromatic carbocycles. The molecule has 0 saturated heterocycles. The zero-order chi connectivity index (χ0) is 9.56. The molecule has 0 aliphatic heterocycles. The number of aliphatic hydroxyl groups is 2. The summed E-state index contributed by atoms with van der Waals surface area (Å²) in [4.78, 5) is 0. The van der Waals surface area contributed by atoms with Gasteiger partial charge >= 0.3 is 8.25 Å². The Morgan fingerprint density at radius 3 is 1.75 bits per heavy atom. The molecule has 0 amide bonds. The molecule has 2 unspecified atom stereocenters. The zero-order valence-corrected chi connectivity index (χ0v) is 8.03. The quantitative estimate of drug-likeness (QED) is 0.493. The predicted octanol–water partition coefficient (Wildman–Crippen LogP) is 1.13. The van der Waals surface area contributed by atoms with Crippen LogP contribution in [-0.4, -0.2) is 22.8 Å². The van der Waals surface area contributed by atoms with Gasteiger partial charge in [0.2, 0.25) is 12.6 Å². The number of rotatable bonds is 6. The maximum absolute atomic E-state index is 10.8. The molecule has 5 nitrogen and oxygen atoms in total.